The first kappa shape index (κ1) is 22.6. The van der Waals surface area contributed by atoms with E-state index in [0.29, 0.717) is 12.1 Å². The van der Waals surface area contributed by atoms with Gasteiger partial charge in [0.25, 0.3) is 0 Å². The van der Waals surface area contributed by atoms with E-state index in [1.807, 2.05) is 19.1 Å². The van der Waals surface area contributed by atoms with E-state index < -0.39 is 12.2 Å². The number of nitrogens with zero attached hydrogens (tertiary/aromatic N) is 1. The van der Waals surface area contributed by atoms with Crippen LogP contribution in [0.15, 0.2) is 48.7 Å². The average Bonchev–Trinajstić information content (AvgIpc) is 2.45. The van der Waals surface area contributed by atoms with Crippen molar-refractivity contribution in [2.45, 2.75) is 71.0 Å². The summed E-state index contributed by atoms with van der Waals surface area (Å²) < 4.78 is 38.7. The lowest BCUT2D eigenvalue weighted by molar-refractivity contribution is -0.176. The van der Waals surface area contributed by atoms with E-state index in [9.17, 15) is 13.2 Å². The molecule has 0 aliphatic heterocycles. The molecule has 0 aromatic carbocycles. The average molecular weight is 343 g/mol. The Morgan fingerprint density at radius 1 is 1.08 bits per heavy atom. The fourth-order valence-electron chi connectivity index (χ4n) is 2.49. The van der Waals surface area contributed by atoms with Crippen molar-refractivity contribution >= 4 is 0 Å². The third kappa shape index (κ3) is 9.64. The summed E-state index contributed by atoms with van der Waals surface area (Å²) in [6.45, 7) is 15.2. The van der Waals surface area contributed by atoms with Gasteiger partial charge >= 0.3 is 6.18 Å². The Bertz CT molecular complexity index is 446. The molecule has 0 aromatic heterocycles. The summed E-state index contributed by atoms with van der Waals surface area (Å²) in [5, 5.41) is 0. The van der Waals surface area contributed by atoms with Gasteiger partial charge in [-0.1, -0.05) is 49.8 Å². The van der Waals surface area contributed by atoms with Crippen LogP contribution in [0.5, 0.6) is 0 Å². The van der Waals surface area contributed by atoms with Crippen LogP contribution in [-0.2, 0) is 0 Å². The summed E-state index contributed by atoms with van der Waals surface area (Å²) in [4.78, 5) is 1.23. The summed E-state index contributed by atoms with van der Waals surface area (Å²) in [6.07, 6.45) is 5.25. The monoisotopic (exact) mass is 343 g/mol. The maximum atomic E-state index is 12.9. The first-order valence-electron chi connectivity index (χ1n) is 8.55. The van der Waals surface area contributed by atoms with Gasteiger partial charge in [0.15, 0.2) is 0 Å². The lowest BCUT2D eigenvalue weighted by atomic mass is 10.0. The van der Waals surface area contributed by atoms with Crippen LogP contribution in [0, 0.1) is 0 Å². The third-order valence-electron chi connectivity index (χ3n) is 4.04. The minimum absolute atomic E-state index is 0.0135. The van der Waals surface area contributed by atoms with Crippen molar-refractivity contribution in [2.24, 2.45) is 0 Å². The van der Waals surface area contributed by atoms with Crippen LogP contribution < -0.4 is 0 Å². The second-order valence-electron chi connectivity index (χ2n) is 6.43. The van der Waals surface area contributed by atoms with Crippen molar-refractivity contribution in [2.75, 3.05) is 7.05 Å². The molecule has 0 bridgehead atoms. The predicted molar refractivity (Wildman–Crippen MR) is 97.8 cm³/mol. The minimum atomic E-state index is -4.23. The Labute approximate surface area is 145 Å². The molecule has 0 rings (SSSR count). The van der Waals surface area contributed by atoms with E-state index in [-0.39, 0.29) is 6.42 Å². The van der Waals surface area contributed by atoms with Crippen LogP contribution in [0.2, 0.25) is 0 Å². The molecule has 1 unspecified atom stereocenters. The molecule has 0 heterocycles. The fraction of sp³-hybridized carbons (Fsp3) is 0.600. The van der Waals surface area contributed by atoms with E-state index in [4.69, 9.17) is 0 Å². The molecular formula is C20H32F3N. The highest BCUT2D eigenvalue weighted by molar-refractivity contribution is 5.16. The molecule has 0 N–H and O–H groups in total. The highest BCUT2D eigenvalue weighted by atomic mass is 19.4. The number of rotatable bonds is 12. The van der Waals surface area contributed by atoms with Crippen LogP contribution in [0.3, 0.4) is 0 Å². The van der Waals surface area contributed by atoms with Crippen LogP contribution in [0.1, 0.15) is 58.8 Å². The number of halogens is 3. The minimum Gasteiger partial charge on any atom is -0.367 e. The highest BCUT2D eigenvalue weighted by Gasteiger charge is 2.41. The Morgan fingerprint density at radius 2 is 1.67 bits per heavy atom. The zero-order valence-electron chi connectivity index (χ0n) is 15.4. The Hall–Kier alpha value is -1.45. The molecule has 0 saturated carbocycles. The molecule has 0 saturated heterocycles. The van der Waals surface area contributed by atoms with E-state index in [1.54, 1.807) is 0 Å². The Balaban J connectivity index is 4.18. The normalized spacial score (nSPS) is 13.1. The number of alkyl halides is 3. The van der Waals surface area contributed by atoms with Crippen LogP contribution in [0.25, 0.3) is 0 Å². The van der Waals surface area contributed by atoms with E-state index >= 15 is 0 Å². The first-order chi connectivity index (χ1) is 11.1. The van der Waals surface area contributed by atoms with Gasteiger partial charge in [0.05, 0.1) is 0 Å². The molecule has 0 radical (unpaired) electrons. The predicted octanol–water partition coefficient (Wildman–Crippen LogP) is 6.80. The summed E-state index contributed by atoms with van der Waals surface area (Å²) in [7, 11) is 1.45. The quantitative estimate of drug-likeness (QED) is 0.214. The van der Waals surface area contributed by atoms with Crippen molar-refractivity contribution in [1.82, 2.24) is 4.90 Å². The van der Waals surface area contributed by atoms with Gasteiger partial charge in [0.1, 0.15) is 6.04 Å². The molecule has 0 aliphatic rings. The molecule has 0 aromatic rings. The molecule has 0 fully saturated rings. The van der Waals surface area contributed by atoms with Crippen molar-refractivity contribution in [3.05, 3.63) is 48.7 Å². The first-order valence-corrected chi connectivity index (χ1v) is 8.55. The Kier molecular flexibility index (Phi) is 10.5. The fourth-order valence-corrected chi connectivity index (χ4v) is 2.49. The Morgan fingerprint density at radius 3 is 2.17 bits per heavy atom. The zero-order chi connectivity index (χ0) is 18.8. The van der Waals surface area contributed by atoms with Gasteiger partial charge < -0.3 is 4.90 Å². The topological polar surface area (TPSA) is 3.24 Å². The number of hydrogen-bond acceptors (Lipinski definition) is 1. The number of hydrogen-bond donors (Lipinski definition) is 0. The number of unbranched alkanes of at least 4 members (excludes halogenated alkanes) is 2. The van der Waals surface area contributed by atoms with Gasteiger partial charge in [0.2, 0.25) is 0 Å². The summed E-state index contributed by atoms with van der Waals surface area (Å²) >= 11 is 0. The third-order valence-corrected chi connectivity index (χ3v) is 4.04. The van der Waals surface area contributed by atoms with Crippen LogP contribution in [0.4, 0.5) is 13.2 Å². The van der Waals surface area contributed by atoms with Gasteiger partial charge in [-0.2, -0.15) is 13.2 Å². The molecule has 24 heavy (non-hydrogen) atoms. The second-order valence-corrected chi connectivity index (χ2v) is 6.43. The van der Waals surface area contributed by atoms with Crippen molar-refractivity contribution in [3.8, 4) is 0 Å². The van der Waals surface area contributed by atoms with Crippen molar-refractivity contribution in [1.29, 1.82) is 0 Å². The summed E-state index contributed by atoms with van der Waals surface area (Å²) in [6, 6.07) is -1.48. The molecule has 4 heteroatoms. The lowest BCUT2D eigenvalue weighted by Crippen LogP contribution is -2.42. The van der Waals surface area contributed by atoms with Crippen LogP contribution in [-0.4, -0.2) is 24.2 Å². The van der Waals surface area contributed by atoms with Gasteiger partial charge in [-0.15, -0.1) is 6.58 Å². The van der Waals surface area contributed by atoms with E-state index in [0.717, 1.165) is 37.7 Å². The van der Waals surface area contributed by atoms with E-state index in [2.05, 4.69) is 19.7 Å². The van der Waals surface area contributed by atoms with Gasteiger partial charge in [-0.05, 0) is 39.0 Å². The maximum Gasteiger partial charge on any atom is 0.408 e. The molecule has 1 atom stereocenters. The summed E-state index contributed by atoms with van der Waals surface area (Å²) in [5.41, 5.74) is 2.67. The van der Waals surface area contributed by atoms with Crippen molar-refractivity contribution in [3.63, 3.8) is 0 Å². The highest BCUT2D eigenvalue weighted by Crippen LogP contribution is 2.28. The standard InChI is InChI=1S/C20H32F3N/c1-7-19(20(21,22)23)24(6)18(5)15-11-14-17(4)13-10-8-9-12-16(2)3/h11,14,19H,2,4-5,7-10,12-13,15H2,1,3,6H3/b14-11-. The molecule has 0 amide bonds. The summed E-state index contributed by atoms with van der Waals surface area (Å²) in [5.74, 6) is 0. The molecular weight excluding hydrogens is 311 g/mol. The van der Waals surface area contributed by atoms with E-state index in [1.165, 1.54) is 24.4 Å². The molecule has 0 spiro atoms. The molecule has 0 aliphatic carbocycles. The SMILES string of the molecule is C=C(C)CCCCCC(=C)/C=C\CC(=C)N(C)C(CC)C(F)(F)F. The number of allylic oxidation sites excluding steroid dienone is 4. The second kappa shape index (κ2) is 11.2. The van der Waals surface area contributed by atoms with Crippen LogP contribution >= 0.6 is 0 Å². The lowest BCUT2D eigenvalue weighted by Gasteiger charge is -2.31. The zero-order valence-corrected chi connectivity index (χ0v) is 15.4. The van der Waals surface area contributed by atoms with Gasteiger partial charge in [0, 0.05) is 19.2 Å². The maximum absolute atomic E-state index is 12.9. The molecule has 1 nitrogen and oxygen atoms in total. The molecule has 138 valence electrons. The van der Waals surface area contributed by atoms with Crippen molar-refractivity contribution < 1.29 is 13.2 Å². The smallest absolute Gasteiger partial charge is 0.367 e. The van der Waals surface area contributed by atoms with Gasteiger partial charge in [-0.25, -0.2) is 0 Å². The van der Waals surface area contributed by atoms with Gasteiger partial charge in [-0.3, -0.25) is 0 Å². The largest absolute Gasteiger partial charge is 0.408 e.